The van der Waals surface area contributed by atoms with Gasteiger partial charge in [0.05, 0.1) is 12.3 Å². The van der Waals surface area contributed by atoms with Crippen LogP contribution in [0.1, 0.15) is 85.0 Å². The summed E-state index contributed by atoms with van der Waals surface area (Å²) in [6, 6.07) is 3.11. The fourth-order valence-electron chi connectivity index (χ4n) is 3.54. The van der Waals surface area contributed by atoms with Crippen LogP contribution >= 0.6 is 0 Å². The summed E-state index contributed by atoms with van der Waals surface area (Å²) in [7, 11) is 0. The first-order valence-electron chi connectivity index (χ1n) is 10.3. The zero-order chi connectivity index (χ0) is 21.0. The molecule has 2 aromatic heterocycles. The molecule has 29 heavy (non-hydrogen) atoms. The molecular weight excluding hydrogens is 370 g/mol. The molecule has 0 radical (unpaired) electrons. The number of likely N-dealkylation sites (tertiary alicyclic amines) is 1. The second kappa shape index (κ2) is 9.11. The Labute approximate surface area is 170 Å². The van der Waals surface area contributed by atoms with Gasteiger partial charge in [0.15, 0.2) is 0 Å². The summed E-state index contributed by atoms with van der Waals surface area (Å²) < 4.78 is 7.07. The summed E-state index contributed by atoms with van der Waals surface area (Å²) in [6.45, 7) is 6.96. The molecule has 1 N–H and O–H groups in total. The minimum Gasteiger partial charge on any atom is -0.467 e. The highest BCUT2D eigenvalue weighted by molar-refractivity contribution is 5.99. The van der Waals surface area contributed by atoms with Gasteiger partial charge in [-0.15, -0.1) is 0 Å². The van der Waals surface area contributed by atoms with Crippen molar-refractivity contribution in [1.29, 1.82) is 0 Å². The molecule has 1 aliphatic rings. The molecule has 3 rings (SSSR count). The highest BCUT2D eigenvalue weighted by Crippen LogP contribution is 2.16. The molecule has 1 unspecified atom stereocenters. The van der Waals surface area contributed by atoms with E-state index in [-0.39, 0.29) is 23.1 Å². The molecule has 7 heteroatoms. The third kappa shape index (κ3) is 4.78. The Morgan fingerprint density at radius 3 is 2.28 bits per heavy atom. The molecule has 2 amide bonds. The van der Waals surface area contributed by atoms with Crippen molar-refractivity contribution in [3.05, 3.63) is 57.9 Å². The van der Waals surface area contributed by atoms with Crippen LogP contribution in [0.5, 0.6) is 0 Å². The molecule has 2 aromatic rings. The zero-order valence-corrected chi connectivity index (χ0v) is 17.3. The number of rotatable bonds is 5. The van der Waals surface area contributed by atoms with Crippen LogP contribution in [0, 0.1) is 0 Å². The van der Waals surface area contributed by atoms with E-state index >= 15 is 0 Å². The summed E-state index contributed by atoms with van der Waals surface area (Å²) in [5.74, 6) is -0.210. The molecule has 0 spiro atoms. The van der Waals surface area contributed by atoms with Gasteiger partial charge in [-0.25, -0.2) is 0 Å². The molecule has 7 nitrogen and oxygen atoms in total. The molecule has 1 aliphatic heterocycles. The van der Waals surface area contributed by atoms with Crippen molar-refractivity contribution in [1.82, 2.24) is 14.8 Å². The van der Waals surface area contributed by atoms with E-state index in [0.717, 1.165) is 25.7 Å². The van der Waals surface area contributed by atoms with Gasteiger partial charge in [-0.1, -0.05) is 12.8 Å². The number of nitrogens with one attached hydrogen (secondary N) is 1. The highest BCUT2D eigenvalue weighted by atomic mass is 16.3. The SMILES string of the molecule is CC(NC(=O)c1cn(C(C)C)cc(C(=O)N2CCCCCC2)c1=O)c1ccco1. The average Bonchev–Trinajstić information content (AvgIpc) is 3.10. The summed E-state index contributed by atoms with van der Waals surface area (Å²) >= 11 is 0. The van der Waals surface area contributed by atoms with E-state index in [1.165, 1.54) is 12.5 Å². The van der Waals surface area contributed by atoms with E-state index in [4.69, 9.17) is 4.42 Å². The summed E-state index contributed by atoms with van der Waals surface area (Å²) in [4.78, 5) is 40.8. The maximum absolute atomic E-state index is 13.1. The number of nitrogens with zero attached hydrogens (tertiary/aromatic N) is 2. The molecule has 0 saturated carbocycles. The smallest absolute Gasteiger partial charge is 0.259 e. The Balaban J connectivity index is 1.93. The predicted molar refractivity (Wildman–Crippen MR) is 110 cm³/mol. The molecule has 3 heterocycles. The van der Waals surface area contributed by atoms with E-state index in [1.807, 2.05) is 13.8 Å². The standard InChI is InChI=1S/C22H29N3O4/c1-15(2)25-13-17(21(27)23-16(3)19-9-8-12-29-19)20(26)18(14-25)22(28)24-10-6-4-5-7-11-24/h8-9,12-16H,4-7,10-11H2,1-3H3,(H,23,27). The second-order valence-corrected chi connectivity index (χ2v) is 7.87. The van der Waals surface area contributed by atoms with E-state index in [9.17, 15) is 14.4 Å². The molecule has 0 aliphatic carbocycles. The number of pyridine rings is 1. The summed E-state index contributed by atoms with van der Waals surface area (Å²) in [6.07, 6.45) is 8.68. The predicted octanol–water partition coefficient (Wildman–Crippen LogP) is 3.53. The average molecular weight is 399 g/mol. The number of hydrogen-bond acceptors (Lipinski definition) is 4. The Morgan fingerprint density at radius 2 is 1.69 bits per heavy atom. The molecular formula is C22H29N3O4. The molecule has 0 bridgehead atoms. The van der Waals surface area contributed by atoms with Crippen LogP contribution in [-0.4, -0.2) is 34.4 Å². The van der Waals surface area contributed by atoms with Crippen molar-refractivity contribution in [2.75, 3.05) is 13.1 Å². The number of amides is 2. The maximum Gasteiger partial charge on any atom is 0.259 e. The number of carbonyl (C=O) groups excluding carboxylic acids is 2. The molecule has 1 saturated heterocycles. The van der Waals surface area contributed by atoms with Crippen LogP contribution in [0.2, 0.25) is 0 Å². The first kappa shape index (κ1) is 20.9. The zero-order valence-electron chi connectivity index (χ0n) is 17.3. The van der Waals surface area contributed by atoms with Gasteiger partial charge in [-0.05, 0) is 45.7 Å². The van der Waals surface area contributed by atoms with Gasteiger partial charge in [0.2, 0.25) is 5.43 Å². The number of furan rings is 1. The monoisotopic (exact) mass is 399 g/mol. The number of carbonyl (C=O) groups is 2. The van der Waals surface area contributed by atoms with Crippen LogP contribution < -0.4 is 10.7 Å². The fourth-order valence-corrected chi connectivity index (χ4v) is 3.54. The molecule has 1 atom stereocenters. The van der Waals surface area contributed by atoms with Crippen LogP contribution in [-0.2, 0) is 0 Å². The quantitative estimate of drug-likeness (QED) is 0.834. The Hall–Kier alpha value is -2.83. The van der Waals surface area contributed by atoms with Gasteiger partial charge in [-0.2, -0.15) is 0 Å². The third-order valence-electron chi connectivity index (χ3n) is 5.33. The molecule has 0 aromatic carbocycles. The van der Waals surface area contributed by atoms with Gasteiger partial charge in [-0.3, -0.25) is 14.4 Å². The lowest BCUT2D eigenvalue weighted by atomic mass is 10.1. The van der Waals surface area contributed by atoms with Crippen molar-refractivity contribution in [2.24, 2.45) is 0 Å². The first-order valence-corrected chi connectivity index (χ1v) is 10.3. The highest BCUT2D eigenvalue weighted by Gasteiger charge is 2.25. The van der Waals surface area contributed by atoms with E-state index < -0.39 is 17.4 Å². The van der Waals surface area contributed by atoms with Crippen molar-refractivity contribution in [3.63, 3.8) is 0 Å². The Bertz CT molecular complexity index is 907. The van der Waals surface area contributed by atoms with E-state index in [1.54, 1.807) is 34.7 Å². The van der Waals surface area contributed by atoms with Crippen molar-refractivity contribution >= 4 is 11.8 Å². The fraction of sp³-hybridized carbons (Fsp3) is 0.500. The first-order chi connectivity index (χ1) is 13.9. The molecule has 156 valence electrons. The van der Waals surface area contributed by atoms with Crippen molar-refractivity contribution in [3.8, 4) is 0 Å². The lowest BCUT2D eigenvalue weighted by Gasteiger charge is -2.22. The normalized spacial score (nSPS) is 15.8. The van der Waals surface area contributed by atoms with Gasteiger partial charge < -0.3 is 19.2 Å². The number of hydrogen-bond donors (Lipinski definition) is 1. The van der Waals surface area contributed by atoms with Crippen molar-refractivity contribution < 1.29 is 14.0 Å². The van der Waals surface area contributed by atoms with Gasteiger partial charge in [0, 0.05) is 31.5 Å². The van der Waals surface area contributed by atoms with Crippen molar-refractivity contribution in [2.45, 2.75) is 58.5 Å². The van der Waals surface area contributed by atoms with Crippen LogP contribution in [0.4, 0.5) is 0 Å². The largest absolute Gasteiger partial charge is 0.467 e. The third-order valence-corrected chi connectivity index (χ3v) is 5.33. The lowest BCUT2D eigenvalue weighted by molar-refractivity contribution is 0.0759. The Kier molecular flexibility index (Phi) is 6.56. The van der Waals surface area contributed by atoms with Gasteiger partial charge in [0.25, 0.3) is 11.8 Å². The van der Waals surface area contributed by atoms with Crippen LogP contribution in [0.3, 0.4) is 0 Å². The van der Waals surface area contributed by atoms with Gasteiger partial charge in [0.1, 0.15) is 16.9 Å². The lowest BCUT2D eigenvalue weighted by Crippen LogP contribution is -2.38. The maximum atomic E-state index is 13.1. The minimum absolute atomic E-state index is 0.000306. The Morgan fingerprint density at radius 1 is 1.03 bits per heavy atom. The van der Waals surface area contributed by atoms with Gasteiger partial charge >= 0.3 is 0 Å². The van der Waals surface area contributed by atoms with Crippen LogP contribution in [0.25, 0.3) is 0 Å². The van der Waals surface area contributed by atoms with E-state index in [2.05, 4.69) is 5.32 Å². The van der Waals surface area contributed by atoms with Crippen LogP contribution in [0.15, 0.2) is 40.0 Å². The topological polar surface area (TPSA) is 84.5 Å². The minimum atomic E-state index is -0.528. The molecule has 1 fully saturated rings. The number of aromatic nitrogens is 1. The van der Waals surface area contributed by atoms with E-state index in [0.29, 0.717) is 18.8 Å². The summed E-state index contributed by atoms with van der Waals surface area (Å²) in [5, 5.41) is 2.79. The summed E-state index contributed by atoms with van der Waals surface area (Å²) in [5.41, 5.74) is -0.503. The second-order valence-electron chi connectivity index (χ2n) is 7.87.